The molecule has 84 valence electrons. The van der Waals surface area contributed by atoms with Crippen molar-refractivity contribution in [2.45, 2.75) is 46.0 Å². The molecule has 1 nitrogen and oxygen atoms in total. The molecule has 0 aliphatic rings. The van der Waals surface area contributed by atoms with Crippen LogP contribution >= 0.6 is 0 Å². The lowest BCUT2D eigenvalue weighted by Gasteiger charge is -2.07. The van der Waals surface area contributed by atoms with E-state index in [2.05, 4.69) is 13.8 Å². The molecule has 0 fully saturated rings. The fourth-order valence-electron chi connectivity index (χ4n) is 1.69. The van der Waals surface area contributed by atoms with Crippen LogP contribution in [-0.4, -0.2) is 5.11 Å². The first-order chi connectivity index (χ1) is 7.22. The normalized spacial score (nSPS) is 12.7. The maximum Gasteiger partial charge on any atom is 0.115 e. The van der Waals surface area contributed by atoms with Crippen molar-refractivity contribution in [1.82, 2.24) is 0 Å². The van der Waals surface area contributed by atoms with Crippen LogP contribution in [-0.2, 0) is 6.42 Å². The summed E-state index contributed by atoms with van der Waals surface area (Å²) < 4.78 is 0. The Hall–Kier alpha value is -0.980. The van der Waals surface area contributed by atoms with E-state index in [1.807, 2.05) is 12.1 Å². The molecule has 0 heterocycles. The van der Waals surface area contributed by atoms with E-state index < -0.39 is 0 Å². The summed E-state index contributed by atoms with van der Waals surface area (Å²) >= 11 is 0. The smallest absolute Gasteiger partial charge is 0.115 e. The van der Waals surface area contributed by atoms with E-state index >= 15 is 0 Å². The van der Waals surface area contributed by atoms with Gasteiger partial charge in [0.25, 0.3) is 0 Å². The number of aryl methyl sites for hydroxylation is 1. The van der Waals surface area contributed by atoms with E-state index in [1.54, 1.807) is 12.1 Å². The van der Waals surface area contributed by atoms with Crippen molar-refractivity contribution in [3.63, 3.8) is 0 Å². The molecule has 1 N–H and O–H groups in total. The molecule has 0 spiro atoms. The van der Waals surface area contributed by atoms with Gasteiger partial charge in [0.1, 0.15) is 5.75 Å². The zero-order chi connectivity index (χ0) is 11.1. The number of phenols is 1. The summed E-state index contributed by atoms with van der Waals surface area (Å²) in [5, 5.41) is 9.13. The van der Waals surface area contributed by atoms with Gasteiger partial charge in [0, 0.05) is 0 Å². The minimum absolute atomic E-state index is 0.360. The third kappa shape index (κ3) is 4.87. The molecule has 1 atom stereocenters. The fraction of sp³-hybridized carbons (Fsp3) is 0.571. The quantitative estimate of drug-likeness (QED) is 0.693. The molecular weight excluding hydrogens is 184 g/mol. The minimum Gasteiger partial charge on any atom is -0.508 e. The molecule has 15 heavy (non-hydrogen) atoms. The first-order valence-electron chi connectivity index (χ1n) is 6.00. The van der Waals surface area contributed by atoms with E-state index in [4.69, 9.17) is 5.11 Å². The van der Waals surface area contributed by atoms with Crippen molar-refractivity contribution in [2.75, 3.05) is 0 Å². The van der Waals surface area contributed by atoms with Crippen molar-refractivity contribution < 1.29 is 5.11 Å². The Bertz CT molecular complexity index is 263. The van der Waals surface area contributed by atoms with Gasteiger partial charge in [-0.25, -0.2) is 0 Å². The van der Waals surface area contributed by atoms with E-state index in [0.717, 1.165) is 12.3 Å². The molecule has 0 saturated carbocycles. The standard InChI is InChI=1S/C14H22O/c1-3-12(2)6-4-5-7-13-8-10-14(15)11-9-13/h8-12,15H,3-7H2,1-2H3. The minimum atomic E-state index is 0.360. The van der Waals surface area contributed by atoms with Crippen LogP contribution < -0.4 is 0 Å². The van der Waals surface area contributed by atoms with Crippen LogP contribution in [0.15, 0.2) is 24.3 Å². The lowest BCUT2D eigenvalue weighted by molar-refractivity contribution is 0.474. The third-order valence-corrected chi connectivity index (χ3v) is 3.05. The summed E-state index contributed by atoms with van der Waals surface area (Å²) in [5.41, 5.74) is 1.33. The van der Waals surface area contributed by atoms with Crippen LogP contribution in [0, 0.1) is 5.92 Å². The summed E-state index contributed by atoms with van der Waals surface area (Å²) in [4.78, 5) is 0. The second kappa shape index (κ2) is 6.49. The van der Waals surface area contributed by atoms with Crippen LogP contribution in [0.3, 0.4) is 0 Å². The average molecular weight is 206 g/mol. The molecule has 0 aliphatic carbocycles. The Labute approximate surface area is 93.1 Å². The number of benzene rings is 1. The van der Waals surface area contributed by atoms with E-state index in [-0.39, 0.29) is 0 Å². The Morgan fingerprint density at radius 3 is 2.40 bits per heavy atom. The lowest BCUT2D eigenvalue weighted by atomic mass is 9.99. The Morgan fingerprint density at radius 1 is 1.13 bits per heavy atom. The van der Waals surface area contributed by atoms with Gasteiger partial charge in [0.05, 0.1) is 0 Å². The molecule has 0 radical (unpaired) electrons. The Morgan fingerprint density at radius 2 is 1.80 bits per heavy atom. The molecule has 1 heteroatoms. The van der Waals surface area contributed by atoms with Crippen LogP contribution in [0.2, 0.25) is 0 Å². The number of hydrogen-bond donors (Lipinski definition) is 1. The highest BCUT2D eigenvalue weighted by molar-refractivity contribution is 5.25. The third-order valence-electron chi connectivity index (χ3n) is 3.05. The van der Waals surface area contributed by atoms with Crippen molar-refractivity contribution >= 4 is 0 Å². The molecule has 1 rings (SSSR count). The molecule has 0 aromatic heterocycles. The van der Waals surface area contributed by atoms with Crippen LogP contribution in [0.4, 0.5) is 0 Å². The topological polar surface area (TPSA) is 20.2 Å². The highest BCUT2D eigenvalue weighted by atomic mass is 16.3. The Balaban J connectivity index is 2.17. The zero-order valence-electron chi connectivity index (χ0n) is 9.87. The summed E-state index contributed by atoms with van der Waals surface area (Å²) in [6, 6.07) is 7.56. The highest BCUT2D eigenvalue weighted by Gasteiger charge is 1.99. The molecule has 1 aromatic rings. The van der Waals surface area contributed by atoms with E-state index in [1.165, 1.54) is 31.2 Å². The number of rotatable bonds is 6. The monoisotopic (exact) mass is 206 g/mol. The Kier molecular flexibility index (Phi) is 5.23. The molecule has 1 unspecified atom stereocenters. The largest absolute Gasteiger partial charge is 0.508 e. The van der Waals surface area contributed by atoms with Crippen molar-refractivity contribution in [3.8, 4) is 5.75 Å². The second-order valence-corrected chi connectivity index (χ2v) is 4.43. The SMILES string of the molecule is CCC(C)CCCCc1ccc(O)cc1. The second-order valence-electron chi connectivity index (χ2n) is 4.43. The average Bonchev–Trinajstić information content (AvgIpc) is 2.26. The first-order valence-corrected chi connectivity index (χ1v) is 6.00. The van der Waals surface area contributed by atoms with Gasteiger partial charge in [-0.05, 0) is 36.5 Å². The number of phenolic OH excluding ortho intramolecular Hbond substituents is 1. The van der Waals surface area contributed by atoms with Gasteiger partial charge in [0.2, 0.25) is 0 Å². The van der Waals surface area contributed by atoms with E-state index in [9.17, 15) is 0 Å². The molecule has 0 saturated heterocycles. The highest BCUT2D eigenvalue weighted by Crippen LogP contribution is 2.15. The fourth-order valence-corrected chi connectivity index (χ4v) is 1.69. The number of hydrogen-bond acceptors (Lipinski definition) is 1. The molecule has 1 aromatic carbocycles. The summed E-state index contributed by atoms with van der Waals surface area (Å²) in [6.45, 7) is 4.57. The predicted molar refractivity (Wildman–Crippen MR) is 65.1 cm³/mol. The summed E-state index contributed by atoms with van der Waals surface area (Å²) in [6.07, 6.45) is 6.34. The predicted octanol–water partition coefficient (Wildman–Crippen LogP) is 4.15. The summed E-state index contributed by atoms with van der Waals surface area (Å²) in [5.74, 6) is 1.23. The van der Waals surface area contributed by atoms with Gasteiger partial charge >= 0.3 is 0 Å². The van der Waals surface area contributed by atoms with Crippen LogP contribution in [0.25, 0.3) is 0 Å². The van der Waals surface area contributed by atoms with Crippen LogP contribution in [0.1, 0.15) is 45.1 Å². The summed E-state index contributed by atoms with van der Waals surface area (Å²) in [7, 11) is 0. The molecular formula is C14H22O. The first kappa shape index (κ1) is 12.1. The molecule has 0 amide bonds. The van der Waals surface area contributed by atoms with Gasteiger partial charge in [-0.2, -0.15) is 0 Å². The van der Waals surface area contributed by atoms with Gasteiger partial charge in [-0.1, -0.05) is 45.2 Å². The van der Waals surface area contributed by atoms with Gasteiger partial charge in [-0.15, -0.1) is 0 Å². The molecule has 0 bridgehead atoms. The maximum atomic E-state index is 9.13. The van der Waals surface area contributed by atoms with Gasteiger partial charge in [0.15, 0.2) is 0 Å². The van der Waals surface area contributed by atoms with Gasteiger partial charge in [-0.3, -0.25) is 0 Å². The van der Waals surface area contributed by atoms with Crippen LogP contribution in [0.5, 0.6) is 5.75 Å². The number of unbranched alkanes of at least 4 members (excludes halogenated alkanes) is 1. The maximum absolute atomic E-state index is 9.13. The molecule has 0 aliphatic heterocycles. The van der Waals surface area contributed by atoms with E-state index in [0.29, 0.717) is 5.75 Å². The number of aromatic hydroxyl groups is 1. The van der Waals surface area contributed by atoms with Crippen molar-refractivity contribution in [3.05, 3.63) is 29.8 Å². The zero-order valence-corrected chi connectivity index (χ0v) is 9.87. The van der Waals surface area contributed by atoms with Crippen molar-refractivity contribution in [1.29, 1.82) is 0 Å². The van der Waals surface area contributed by atoms with Gasteiger partial charge < -0.3 is 5.11 Å². The lowest BCUT2D eigenvalue weighted by Crippen LogP contribution is -1.93. The van der Waals surface area contributed by atoms with Crippen molar-refractivity contribution in [2.24, 2.45) is 5.92 Å².